The van der Waals surface area contributed by atoms with Crippen molar-refractivity contribution in [1.82, 2.24) is 10.2 Å². The van der Waals surface area contributed by atoms with Crippen LogP contribution in [0, 0.1) is 5.82 Å². The van der Waals surface area contributed by atoms with Gasteiger partial charge in [-0.25, -0.2) is 12.8 Å². The van der Waals surface area contributed by atoms with Crippen LogP contribution in [0.1, 0.15) is 19.4 Å². The molecule has 0 heterocycles. The number of benzene rings is 3. The summed E-state index contributed by atoms with van der Waals surface area (Å²) in [6.07, 6.45) is 0. The molecule has 1 N–H and O–H groups in total. The van der Waals surface area contributed by atoms with Crippen LogP contribution in [0.5, 0.6) is 0 Å². The molecular weight excluding hydrogens is 469 g/mol. The quantitative estimate of drug-likeness (QED) is 0.464. The lowest BCUT2D eigenvalue weighted by atomic mass is 10.1. The van der Waals surface area contributed by atoms with Crippen LogP contribution in [-0.2, 0) is 26.2 Å². The highest BCUT2D eigenvalue weighted by Crippen LogP contribution is 2.26. The van der Waals surface area contributed by atoms with E-state index in [4.69, 9.17) is 0 Å². The molecular formula is C26H28FN3O4S. The highest BCUT2D eigenvalue weighted by Gasteiger charge is 2.33. The maximum absolute atomic E-state index is 14.8. The second-order valence-corrected chi connectivity index (χ2v) is 9.72. The van der Waals surface area contributed by atoms with Crippen LogP contribution in [0.2, 0.25) is 0 Å². The van der Waals surface area contributed by atoms with Crippen molar-refractivity contribution in [3.05, 3.63) is 96.3 Å². The molecule has 0 aliphatic carbocycles. The molecule has 0 aliphatic rings. The fourth-order valence-corrected chi connectivity index (χ4v) is 5.01. The van der Waals surface area contributed by atoms with E-state index in [1.165, 1.54) is 35.2 Å². The molecule has 35 heavy (non-hydrogen) atoms. The molecule has 0 spiro atoms. The Kier molecular flexibility index (Phi) is 8.59. The number of anilines is 1. The number of para-hydroxylation sites is 1. The van der Waals surface area contributed by atoms with E-state index in [2.05, 4.69) is 5.32 Å². The number of sulfonamides is 1. The molecule has 0 radical (unpaired) electrons. The molecule has 0 aliphatic heterocycles. The maximum Gasteiger partial charge on any atom is 0.264 e. The van der Waals surface area contributed by atoms with E-state index in [0.717, 1.165) is 15.9 Å². The zero-order valence-corrected chi connectivity index (χ0v) is 20.4. The third-order valence-electron chi connectivity index (χ3n) is 5.45. The summed E-state index contributed by atoms with van der Waals surface area (Å²) in [6, 6.07) is 21.1. The van der Waals surface area contributed by atoms with Gasteiger partial charge in [0, 0.05) is 13.1 Å². The predicted molar refractivity (Wildman–Crippen MR) is 133 cm³/mol. The third-order valence-corrected chi connectivity index (χ3v) is 7.22. The average molecular weight is 498 g/mol. The SMILES string of the molecule is CCNC(=O)[C@@H](C)N(Cc1ccccc1)C(=O)CN(c1ccccc1F)S(=O)(=O)c1ccccc1. The Morgan fingerprint density at radius 1 is 0.914 bits per heavy atom. The number of likely N-dealkylation sites (N-methyl/N-ethyl adjacent to an activating group) is 1. The number of rotatable bonds is 10. The number of carbonyl (C=O) groups excluding carboxylic acids is 2. The first-order valence-corrected chi connectivity index (χ1v) is 12.6. The minimum atomic E-state index is -4.29. The van der Waals surface area contributed by atoms with Gasteiger partial charge in [0.1, 0.15) is 18.4 Å². The topological polar surface area (TPSA) is 86.8 Å². The summed E-state index contributed by atoms with van der Waals surface area (Å²) >= 11 is 0. The Labute approximate surface area is 205 Å². The third kappa shape index (κ3) is 6.24. The van der Waals surface area contributed by atoms with Gasteiger partial charge in [0.05, 0.1) is 10.6 Å². The molecule has 3 aromatic rings. The van der Waals surface area contributed by atoms with E-state index >= 15 is 0 Å². The van der Waals surface area contributed by atoms with Gasteiger partial charge in [-0.05, 0) is 43.7 Å². The number of carbonyl (C=O) groups is 2. The maximum atomic E-state index is 14.8. The smallest absolute Gasteiger partial charge is 0.264 e. The van der Waals surface area contributed by atoms with Gasteiger partial charge in [-0.15, -0.1) is 0 Å². The standard InChI is InChI=1S/C26H28FN3O4S/c1-3-28-26(32)20(2)29(18-21-12-6-4-7-13-21)25(31)19-30(24-17-11-10-16-23(24)27)35(33,34)22-14-8-5-9-15-22/h4-17,20H,3,18-19H2,1-2H3,(H,28,32)/t20-/m1/s1. The molecule has 0 fully saturated rings. The van der Waals surface area contributed by atoms with Gasteiger partial charge in [-0.1, -0.05) is 60.7 Å². The normalized spacial score (nSPS) is 12.0. The van der Waals surface area contributed by atoms with Gasteiger partial charge in [0.25, 0.3) is 10.0 Å². The van der Waals surface area contributed by atoms with Crippen molar-refractivity contribution in [3.63, 3.8) is 0 Å². The summed E-state index contributed by atoms with van der Waals surface area (Å²) in [5, 5.41) is 2.69. The number of hydrogen-bond donors (Lipinski definition) is 1. The van der Waals surface area contributed by atoms with Gasteiger partial charge in [-0.2, -0.15) is 0 Å². The molecule has 0 unspecified atom stereocenters. The Morgan fingerprint density at radius 3 is 2.09 bits per heavy atom. The first-order chi connectivity index (χ1) is 16.8. The van der Waals surface area contributed by atoms with Crippen molar-refractivity contribution in [1.29, 1.82) is 0 Å². The molecule has 9 heteroatoms. The largest absolute Gasteiger partial charge is 0.355 e. The summed E-state index contributed by atoms with van der Waals surface area (Å²) in [5.74, 6) is -1.80. The molecule has 0 saturated carbocycles. The lowest BCUT2D eigenvalue weighted by molar-refractivity contribution is -0.139. The number of hydrogen-bond acceptors (Lipinski definition) is 4. The van der Waals surface area contributed by atoms with E-state index in [1.807, 2.05) is 6.07 Å². The average Bonchev–Trinajstić information content (AvgIpc) is 2.87. The van der Waals surface area contributed by atoms with Crippen molar-refractivity contribution >= 4 is 27.5 Å². The van der Waals surface area contributed by atoms with Crippen LogP contribution in [0.25, 0.3) is 0 Å². The minimum Gasteiger partial charge on any atom is -0.355 e. The monoisotopic (exact) mass is 497 g/mol. The van der Waals surface area contributed by atoms with E-state index in [0.29, 0.717) is 6.54 Å². The second kappa shape index (κ2) is 11.6. The van der Waals surface area contributed by atoms with Crippen LogP contribution in [0.4, 0.5) is 10.1 Å². The Hall–Kier alpha value is -3.72. The van der Waals surface area contributed by atoms with Gasteiger partial charge >= 0.3 is 0 Å². The molecule has 7 nitrogen and oxygen atoms in total. The Balaban J connectivity index is 2.02. The summed E-state index contributed by atoms with van der Waals surface area (Å²) in [5.41, 5.74) is 0.510. The van der Waals surface area contributed by atoms with Crippen molar-refractivity contribution in [3.8, 4) is 0 Å². The zero-order valence-electron chi connectivity index (χ0n) is 19.6. The van der Waals surface area contributed by atoms with Crippen LogP contribution in [0.15, 0.2) is 89.8 Å². The fourth-order valence-electron chi connectivity index (χ4n) is 3.57. The highest BCUT2D eigenvalue weighted by atomic mass is 32.2. The molecule has 184 valence electrons. The highest BCUT2D eigenvalue weighted by molar-refractivity contribution is 7.92. The lowest BCUT2D eigenvalue weighted by Crippen LogP contribution is -2.51. The predicted octanol–water partition coefficient (Wildman–Crippen LogP) is 3.57. The zero-order chi connectivity index (χ0) is 25.4. The first kappa shape index (κ1) is 25.9. The Morgan fingerprint density at radius 2 is 1.49 bits per heavy atom. The van der Waals surface area contributed by atoms with Gasteiger partial charge in [-0.3, -0.25) is 13.9 Å². The first-order valence-electron chi connectivity index (χ1n) is 11.2. The van der Waals surface area contributed by atoms with E-state index in [1.54, 1.807) is 56.3 Å². The molecule has 1 atom stereocenters. The van der Waals surface area contributed by atoms with Crippen molar-refractivity contribution in [2.24, 2.45) is 0 Å². The summed E-state index contributed by atoms with van der Waals surface area (Å²) < 4.78 is 42.6. The van der Waals surface area contributed by atoms with Crippen LogP contribution in [0.3, 0.4) is 0 Å². The van der Waals surface area contributed by atoms with Crippen LogP contribution < -0.4 is 9.62 Å². The molecule has 3 aromatic carbocycles. The molecule has 2 amide bonds. The fraction of sp³-hybridized carbons (Fsp3) is 0.231. The molecule has 0 aromatic heterocycles. The van der Waals surface area contributed by atoms with E-state index in [9.17, 15) is 22.4 Å². The lowest BCUT2D eigenvalue weighted by Gasteiger charge is -2.32. The molecule has 0 bridgehead atoms. The Bertz CT molecular complexity index is 1250. The number of halogens is 1. The van der Waals surface area contributed by atoms with Crippen molar-refractivity contribution in [2.45, 2.75) is 31.3 Å². The minimum absolute atomic E-state index is 0.0778. The van der Waals surface area contributed by atoms with Gasteiger partial charge < -0.3 is 10.2 Å². The summed E-state index contributed by atoms with van der Waals surface area (Å²) in [4.78, 5) is 27.4. The van der Waals surface area contributed by atoms with Crippen molar-refractivity contribution in [2.75, 3.05) is 17.4 Å². The van der Waals surface area contributed by atoms with Gasteiger partial charge in [0.15, 0.2) is 0 Å². The second-order valence-electron chi connectivity index (χ2n) is 7.85. The number of amides is 2. The van der Waals surface area contributed by atoms with E-state index in [-0.39, 0.29) is 23.0 Å². The van der Waals surface area contributed by atoms with Crippen molar-refractivity contribution < 1.29 is 22.4 Å². The summed E-state index contributed by atoms with van der Waals surface area (Å²) in [6.45, 7) is 3.11. The molecule has 0 saturated heterocycles. The van der Waals surface area contributed by atoms with Crippen LogP contribution >= 0.6 is 0 Å². The van der Waals surface area contributed by atoms with Crippen LogP contribution in [-0.4, -0.2) is 44.3 Å². The van der Waals surface area contributed by atoms with Gasteiger partial charge in [0.2, 0.25) is 11.8 Å². The number of nitrogens with zero attached hydrogens (tertiary/aromatic N) is 2. The number of nitrogens with one attached hydrogen (secondary N) is 1. The summed E-state index contributed by atoms with van der Waals surface area (Å²) in [7, 11) is -4.29. The van der Waals surface area contributed by atoms with E-state index < -0.39 is 34.3 Å². The molecule has 3 rings (SSSR count).